The maximum absolute atomic E-state index is 12.8. The summed E-state index contributed by atoms with van der Waals surface area (Å²) in [5.74, 6) is -0.192. The highest BCUT2D eigenvalue weighted by atomic mass is 32.1. The minimum absolute atomic E-state index is 0.0830. The van der Waals surface area contributed by atoms with E-state index in [1.165, 1.54) is 4.90 Å². The second-order valence-corrected chi connectivity index (χ2v) is 6.80. The van der Waals surface area contributed by atoms with Crippen LogP contribution in [-0.4, -0.2) is 41.3 Å². The number of hydrogen-bond donors (Lipinski definition) is 2. The summed E-state index contributed by atoms with van der Waals surface area (Å²) in [6.07, 6.45) is 7.65. The van der Waals surface area contributed by atoms with Crippen LogP contribution >= 0.6 is 12.2 Å². The third kappa shape index (κ3) is 3.93. The lowest BCUT2D eigenvalue weighted by Crippen LogP contribution is -2.51. The van der Waals surface area contributed by atoms with Crippen molar-refractivity contribution in [3.63, 3.8) is 0 Å². The topological polar surface area (TPSA) is 75.4 Å². The first-order chi connectivity index (χ1) is 9.95. The molecule has 0 aliphatic heterocycles. The number of rotatable bonds is 5. The SMILES string of the molecule is CN(CC(=O)NC1CC1)C(=O)C1(C(N)=S)CCCCCC1. The Morgan fingerprint density at radius 3 is 2.29 bits per heavy atom. The van der Waals surface area contributed by atoms with Crippen molar-refractivity contribution >= 4 is 29.0 Å². The van der Waals surface area contributed by atoms with Crippen LogP contribution in [0.4, 0.5) is 0 Å². The van der Waals surface area contributed by atoms with Gasteiger partial charge >= 0.3 is 0 Å². The first kappa shape index (κ1) is 16.2. The van der Waals surface area contributed by atoms with Crippen LogP contribution < -0.4 is 11.1 Å². The van der Waals surface area contributed by atoms with Crippen LogP contribution in [0.2, 0.25) is 0 Å². The van der Waals surface area contributed by atoms with Crippen molar-refractivity contribution in [1.82, 2.24) is 10.2 Å². The second-order valence-electron chi connectivity index (χ2n) is 6.36. The normalized spacial score (nSPS) is 21.2. The van der Waals surface area contributed by atoms with E-state index in [1.807, 2.05) is 0 Å². The molecule has 0 heterocycles. The molecule has 2 aliphatic carbocycles. The smallest absolute Gasteiger partial charge is 0.239 e. The molecule has 0 bridgehead atoms. The molecule has 2 aliphatic rings. The third-order valence-corrected chi connectivity index (χ3v) is 4.90. The molecule has 21 heavy (non-hydrogen) atoms. The summed E-state index contributed by atoms with van der Waals surface area (Å²) >= 11 is 5.21. The van der Waals surface area contributed by atoms with Gasteiger partial charge in [0.25, 0.3) is 0 Å². The van der Waals surface area contributed by atoms with Crippen LogP contribution in [0.25, 0.3) is 0 Å². The number of hydrogen-bond acceptors (Lipinski definition) is 3. The Morgan fingerprint density at radius 1 is 1.24 bits per heavy atom. The van der Waals surface area contributed by atoms with Crippen LogP contribution in [0.3, 0.4) is 0 Å². The number of nitrogens with two attached hydrogens (primary N) is 1. The molecule has 0 spiro atoms. The molecule has 0 atom stereocenters. The largest absolute Gasteiger partial charge is 0.392 e. The number of amides is 2. The fraction of sp³-hybridized carbons (Fsp3) is 0.800. The van der Waals surface area contributed by atoms with Crippen molar-refractivity contribution in [1.29, 1.82) is 0 Å². The number of nitrogens with zero attached hydrogens (tertiary/aromatic N) is 1. The van der Waals surface area contributed by atoms with E-state index in [0.29, 0.717) is 18.9 Å². The van der Waals surface area contributed by atoms with E-state index >= 15 is 0 Å². The number of thiocarbonyl (C=S) groups is 1. The molecule has 2 rings (SSSR count). The summed E-state index contributed by atoms with van der Waals surface area (Å²) in [5, 5.41) is 2.90. The molecule has 2 amide bonds. The second kappa shape index (κ2) is 6.73. The minimum atomic E-state index is -0.750. The molecule has 0 radical (unpaired) electrons. The predicted octanol–water partition coefficient (Wildman–Crippen LogP) is 1.35. The summed E-state index contributed by atoms with van der Waals surface area (Å²) < 4.78 is 0. The fourth-order valence-electron chi connectivity index (χ4n) is 3.05. The van der Waals surface area contributed by atoms with E-state index in [-0.39, 0.29) is 23.3 Å². The van der Waals surface area contributed by atoms with Gasteiger partial charge in [-0.15, -0.1) is 0 Å². The monoisotopic (exact) mass is 311 g/mol. The Labute approximate surface area is 131 Å². The Morgan fingerprint density at radius 2 is 1.81 bits per heavy atom. The van der Waals surface area contributed by atoms with E-state index in [0.717, 1.165) is 38.5 Å². The number of carbonyl (C=O) groups excluding carboxylic acids is 2. The maximum Gasteiger partial charge on any atom is 0.239 e. The van der Waals surface area contributed by atoms with Crippen molar-refractivity contribution in [3.8, 4) is 0 Å². The van der Waals surface area contributed by atoms with Gasteiger partial charge in [0, 0.05) is 13.1 Å². The standard InChI is InChI=1S/C15H25N3O2S/c1-18(10-12(19)17-11-6-7-11)14(20)15(13(16)21)8-4-2-3-5-9-15/h11H,2-10H2,1H3,(H2,16,21)(H,17,19). The number of carbonyl (C=O) groups is 2. The zero-order valence-corrected chi connectivity index (χ0v) is 13.5. The van der Waals surface area contributed by atoms with Crippen molar-refractivity contribution in [2.24, 2.45) is 11.1 Å². The van der Waals surface area contributed by atoms with Gasteiger partial charge in [-0.1, -0.05) is 37.9 Å². The lowest BCUT2D eigenvalue weighted by atomic mass is 9.79. The Hall–Kier alpha value is -1.17. The average molecular weight is 311 g/mol. The van der Waals surface area contributed by atoms with E-state index in [9.17, 15) is 9.59 Å². The molecule has 118 valence electrons. The van der Waals surface area contributed by atoms with Gasteiger partial charge in [0.15, 0.2) is 0 Å². The quantitative estimate of drug-likeness (QED) is 0.594. The highest BCUT2D eigenvalue weighted by Crippen LogP contribution is 2.37. The summed E-state index contributed by atoms with van der Waals surface area (Å²) in [7, 11) is 1.67. The molecule has 3 N–H and O–H groups in total. The van der Waals surface area contributed by atoms with Crippen LogP contribution in [0.1, 0.15) is 51.4 Å². The first-order valence-corrected chi connectivity index (χ1v) is 8.21. The molecular formula is C15H25N3O2S. The molecule has 0 aromatic carbocycles. The maximum atomic E-state index is 12.8. The van der Waals surface area contributed by atoms with Crippen molar-refractivity contribution in [3.05, 3.63) is 0 Å². The molecule has 2 fully saturated rings. The first-order valence-electron chi connectivity index (χ1n) is 7.80. The zero-order chi connectivity index (χ0) is 15.5. The Bertz CT molecular complexity index is 427. The molecule has 0 aromatic rings. The summed E-state index contributed by atoms with van der Waals surface area (Å²) in [4.78, 5) is 26.5. The lowest BCUT2D eigenvalue weighted by molar-refractivity contribution is -0.140. The van der Waals surface area contributed by atoms with Crippen molar-refractivity contribution in [2.45, 2.75) is 57.4 Å². The molecule has 0 saturated heterocycles. The molecule has 0 aromatic heterocycles. The van der Waals surface area contributed by atoms with Gasteiger partial charge in [-0.25, -0.2) is 0 Å². The van der Waals surface area contributed by atoms with E-state index in [1.54, 1.807) is 7.05 Å². The van der Waals surface area contributed by atoms with Crippen LogP contribution in [0.15, 0.2) is 0 Å². The highest BCUT2D eigenvalue weighted by molar-refractivity contribution is 7.80. The van der Waals surface area contributed by atoms with Crippen LogP contribution in [0, 0.1) is 5.41 Å². The van der Waals surface area contributed by atoms with Gasteiger partial charge in [0.1, 0.15) is 0 Å². The number of likely N-dealkylation sites (N-methyl/N-ethyl adjacent to an activating group) is 1. The van der Waals surface area contributed by atoms with Crippen molar-refractivity contribution in [2.75, 3.05) is 13.6 Å². The number of nitrogens with one attached hydrogen (secondary N) is 1. The lowest BCUT2D eigenvalue weighted by Gasteiger charge is -2.34. The van der Waals surface area contributed by atoms with Gasteiger partial charge in [0.05, 0.1) is 16.9 Å². The fourth-order valence-corrected chi connectivity index (χ4v) is 3.34. The minimum Gasteiger partial charge on any atom is -0.392 e. The summed E-state index contributed by atoms with van der Waals surface area (Å²) in [5.41, 5.74) is 5.17. The Balaban J connectivity index is 2.02. The predicted molar refractivity (Wildman–Crippen MR) is 85.7 cm³/mol. The van der Waals surface area contributed by atoms with Crippen LogP contribution in [-0.2, 0) is 9.59 Å². The van der Waals surface area contributed by atoms with E-state index < -0.39 is 5.41 Å². The van der Waals surface area contributed by atoms with Gasteiger partial charge in [-0.3, -0.25) is 9.59 Å². The molecule has 6 heteroatoms. The van der Waals surface area contributed by atoms with Gasteiger partial charge < -0.3 is 16.0 Å². The zero-order valence-electron chi connectivity index (χ0n) is 12.7. The van der Waals surface area contributed by atoms with Crippen molar-refractivity contribution < 1.29 is 9.59 Å². The van der Waals surface area contributed by atoms with Gasteiger partial charge in [-0.2, -0.15) is 0 Å². The molecule has 5 nitrogen and oxygen atoms in total. The molecule has 2 saturated carbocycles. The average Bonchev–Trinajstić information content (AvgIpc) is 3.23. The Kier molecular flexibility index (Phi) is 5.19. The molecular weight excluding hydrogens is 286 g/mol. The highest BCUT2D eigenvalue weighted by Gasteiger charge is 2.43. The van der Waals surface area contributed by atoms with Gasteiger partial charge in [0.2, 0.25) is 11.8 Å². The summed E-state index contributed by atoms with van der Waals surface area (Å²) in [6.45, 7) is 0.0830. The molecule has 0 unspecified atom stereocenters. The van der Waals surface area contributed by atoms with Gasteiger partial charge in [-0.05, 0) is 25.7 Å². The summed E-state index contributed by atoms with van der Waals surface area (Å²) in [6, 6.07) is 0.309. The third-order valence-electron chi connectivity index (χ3n) is 4.51. The van der Waals surface area contributed by atoms with E-state index in [2.05, 4.69) is 5.32 Å². The van der Waals surface area contributed by atoms with E-state index in [4.69, 9.17) is 18.0 Å². The van der Waals surface area contributed by atoms with Crippen LogP contribution in [0.5, 0.6) is 0 Å².